The summed E-state index contributed by atoms with van der Waals surface area (Å²) in [5.41, 5.74) is 1.44. The number of halogens is 3. The number of anilines is 1. The molecule has 1 aliphatic rings. The molecule has 0 spiro atoms. The van der Waals surface area contributed by atoms with Gasteiger partial charge in [-0.05, 0) is 19.2 Å². The van der Waals surface area contributed by atoms with E-state index in [-0.39, 0.29) is 5.69 Å². The van der Waals surface area contributed by atoms with Gasteiger partial charge >= 0.3 is 12.2 Å². The third-order valence-corrected chi connectivity index (χ3v) is 3.24. The SMILES string of the molecule is CN1CCN(NC(=O)Nc2ccccc2C(F)(F)F)CC1. The first-order valence-electron chi connectivity index (χ1n) is 6.53. The van der Waals surface area contributed by atoms with Crippen LogP contribution in [0.1, 0.15) is 5.56 Å². The van der Waals surface area contributed by atoms with Crippen LogP contribution in [-0.2, 0) is 6.18 Å². The zero-order valence-corrected chi connectivity index (χ0v) is 11.6. The first-order chi connectivity index (χ1) is 9.86. The molecule has 5 nitrogen and oxygen atoms in total. The summed E-state index contributed by atoms with van der Waals surface area (Å²) in [5, 5.41) is 3.94. The van der Waals surface area contributed by atoms with E-state index in [4.69, 9.17) is 0 Å². The molecule has 0 aliphatic carbocycles. The quantitative estimate of drug-likeness (QED) is 0.878. The van der Waals surface area contributed by atoms with Gasteiger partial charge in [0.05, 0.1) is 11.3 Å². The van der Waals surface area contributed by atoms with Gasteiger partial charge in [0, 0.05) is 26.2 Å². The van der Waals surface area contributed by atoms with Crippen LogP contribution in [0.15, 0.2) is 24.3 Å². The third kappa shape index (κ3) is 4.33. The number of carbonyl (C=O) groups excluding carboxylic acids is 1. The highest BCUT2D eigenvalue weighted by atomic mass is 19.4. The number of para-hydroxylation sites is 1. The maximum atomic E-state index is 12.8. The van der Waals surface area contributed by atoms with Gasteiger partial charge in [-0.3, -0.25) is 5.43 Å². The summed E-state index contributed by atoms with van der Waals surface area (Å²) in [6.45, 7) is 2.84. The Morgan fingerprint density at radius 2 is 1.76 bits per heavy atom. The van der Waals surface area contributed by atoms with Gasteiger partial charge in [-0.15, -0.1) is 0 Å². The molecule has 0 saturated carbocycles. The fourth-order valence-electron chi connectivity index (χ4n) is 2.05. The Morgan fingerprint density at radius 3 is 2.38 bits per heavy atom. The molecule has 0 radical (unpaired) electrons. The second kappa shape index (κ2) is 6.31. The number of hydrogen-bond acceptors (Lipinski definition) is 3. The lowest BCUT2D eigenvalue weighted by atomic mass is 10.1. The summed E-state index contributed by atoms with van der Waals surface area (Å²) in [6.07, 6.45) is -4.50. The van der Waals surface area contributed by atoms with E-state index in [1.165, 1.54) is 18.2 Å². The zero-order valence-electron chi connectivity index (χ0n) is 11.6. The number of carbonyl (C=O) groups is 1. The monoisotopic (exact) mass is 302 g/mol. The summed E-state index contributed by atoms with van der Waals surface area (Å²) in [5.74, 6) is 0. The maximum Gasteiger partial charge on any atom is 0.418 e. The van der Waals surface area contributed by atoms with Crippen LogP contribution in [0, 0.1) is 0 Å². The van der Waals surface area contributed by atoms with E-state index in [2.05, 4.69) is 15.6 Å². The molecule has 2 N–H and O–H groups in total. The van der Waals surface area contributed by atoms with E-state index in [0.717, 1.165) is 19.2 Å². The van der Waals surface area contributed by atoms with Crippen LogP contribution in [0.25, 0.3) is 0 Å². The standard InChI is InChI=1S/C13H17F3N4O/c1-19-6-8-20(9-7-19)18-12(21)17-11-5-3-2-4-10(11)13(14,15)16/h2-5H,6-9H2,1H3,(H2,17,18,21). The number of nitrogens with one attached hydrogen (secondary N) is 2. The van der Waals surface area contributed by atoms with Crippen molar-refractivity contribution >= 4 is 11.7 Å². The van der Waals surface area contributed by atoms with Gasteiger partial charge in [0.1, 0.15) is 0 Å². The molecule has 0 bridgehead atoms. The lowest BCUT2D eigenvalue weighted by Gasteiger charge is -2.32. The molecular weight excluding hydrogens is 285 g/mol. The van der Waals surface area contributed by atoms with Gasteiger partial charge in [0.15, 0.2) is 0 Å². The normalized spacial score (nSPS) is 17.5. The minimum absolute atomic E-state index is 0.253. The van der Waals surface area contributed by atoms with Crippen molar-refractivity contribution in [3.63, 3.8) is 0 Å². The second-order valence-corrected chi connectivity index (χ2v) is 4.90. The van der Waals surface area contributed by atoms with Crippen molar-refractivity contribution in [3.05, 3.63) is 29.8 Å². The predicted octanol–water partition coefficient (Wildman–Crippen LogP) is 1.99. The van der Waals surface area contributed by atoms with Gasteiger partial charge in [0.2, 0.25) is 0 Å². The third-order valence-electron chi connectivity index (χ3n) is 3.24. The molecule has 1 aromatic rings. The minimum atomic E-state index is -4.50. The molecule has 21 heavy (non-hydrogen) atoms. The molecule has 1 aromatic carbocycles. The number of nitrogens with zero attached hydrogens (tertiary/aromatic N) is 2. The Morgan fingerprint density at radius 1 is 1.14 bits per heavy atom. The van der Waals surface area contributed by atoms with Crippen LogP contribution >= 0.6 is 0 Å². The van der Waals surface area contributed by atoms with Gasteiger partial charge < -0.3 is 10.2 Å². The Kier molecular flexibility index (Phi) is 4.69. The Labute approximate surface area is 120 Å². The highest BCUT2D eigenvalue weighted by Gasteiger charge is 2.33. The van der Waals surface area contributed by atoms with E-state index < -0.39 is 17.8 Å². The van der Waals surface area contributed by atoms with Gasteiger partial charge in [0.25, 0.3) is 0 Å². The van der Waals surface area contributed by atoms with E-state index >= 15 is 0 Å². The molecule has 2 rings (SSSR count). The molecule has 1 aliphatic heterocycles. The molecule has 0 aromatic heterocycles. The van der Waals surface area contributed by atoms with Crippen LogP contribution in [0.3, 0.4) is 0 Å². The summed E-state index contributed by atoms with van der Waals surface area (Å²) < 4.78 is 38.4. The largest absolute Gasteiger partial charge is 0.418 e. The lowest BCUT2D eigenvalue weighted by Crippen LogP contribution is -2.53. The highest BCUT2D eigenvalue weighted by Crippen LogP contribution is 2.34. The van der Waals surface area contributed by atoms with Crippen molar-refractivity contribution in [2.45, 2.75) is 6.18 Å². The Bertz CT molecular complexity index is 498. The molecule has 2 amide bonds. The zero-order chi connectivity index (χ0) is 15.5. The van der Waals surface area contributed by atoms with Crippen molar-refractivity contribution in [3.8, 4) is 0 Å². The molecule has 1 fully saturated rings. The van der Waals surface area contributed by atoms with Crippen LogP contribution in [0.5, 0.6) is 0 Å². The van der Waals surface area contributed by atoms with Crippen molar-refractivity contribution in [1.29, 1.82) is 0 Å². The number of hydrazine groups is 1. The Hall–Kier alpha value is -1.80. The number of benzene rings is 1. The summed E-state index contributed by atoms with van der Waals surface area (Å²) in [6, 6.07) is 4.22. The average Bonchev–Trinajstić information content (AvgIpc) is 2.41. The molecule has 0 unspecified atom stereocenters. The fourth-order valence-corrected chi connectivity index (χ4v) is 2.05. The van der Waals surface area contributed by atoms with Gasteiger partial charge in [-0.25, -0.2) is 9.80 Å². The maximum absolute atomic E-state index is 12.8. The lowest BCUT2D eigenvalue weighted by molar-refractivity contribution is -0.136. The summed E-state index contributed by atoms with van der Waals surface area (Å²) >= 11 is 0. The molecular formula is C13H17F3N4O. The summed E-state index contributed by atoms with van der Waals surface area (Å²) in [7, 11) is 1.97. The molecule has 8 heteroatoms. The number of alkyl halides is 3. The number of hydrogen-bond donors (Lipinski definition) is 2. The topological polar surface area (TPSA) is 47.6 Å². The average molecular weight is 302 g/mol. The van der Waals surface area contributed by atoms with E-state index in [1.807, 2.05) is 7.05 Å². The summed E-state index contributed by atoms with van der Waals surface area (Å²) in [4.78, 5) is 13.9. The molecule has 1 heterocycles. The van der Waals surface area contributed by atoms with E-state index in [9.17, 15) is 18.0 Å². The number of amides is 2. The number of likely N-dealkylation sites (N-methyl/N-ethyl adjacent to an activating group) is 1. The minimum Gasteiger partial charge on any atom is -0.306 e. The van der Waals surface area contributed by atoms with Crippen LogP contribution < -0.4 is 10.7 Å². The molecule has 1 saturated heterocycles. The van der Waals surface area contributed by atoms with Crippen molar-refractivity contribution in [1.82, 2.24) is 15.3 Å². The van der Waals surface area contributed by atoms with Crippen molar-refractivity contribution in [2.24, 2.45) is 0 Å². The number of urea groups is 1. The van der Waals surface area contributed by atoms with Crippen LogP contribution in [0.2, 0.25) is 0 Å². The first kappa shape index (κ1) is 15.6. The number of piperazine rings is 1. The predicted molar refractivity (Wildman–Crippen MR) is 72.7 cm³/mol. The van der Waals surface area contributed by atoms with Gasteiger partial charge in [-0.1, -0.05) is 12.1 Å². The van der Waals surface area contributed by atoms with Crippen molar-refractivity contribution < 1.29 is 18.0 Å². The van der Waals surface area contributed by atoms with Crippen LogP contribution in [-0.4, -0.2) is 49.2 Å². The highest BCUT2D eigenvalue weighted by molar-refractivity contribution is 5.89. The molecule has 0 atom stereocenters. The smallest absolute Gasteiger partial charge is 0.306 e. The number of rotatable bonds is 2. The van der Waals surface area contributed by atoms with Crippen molar-refractivity contribution in [2.75, 3.05) is 38.5 Å². The van der Waals surface area contributed by atoms with Gasteiger partial charge in [-0.2, -0.15) is 13.2 Å². The van der Waals surface area contributed by atoms with E-state index in [1.54, 1.807) is 5.01 Å². The second-order valence-electron chi connectivity index (χ2n) is 4.90. The fraction of sp³-hybridized carbons (Fsp3) is 0.462. The van der Waals surface area contributed by atoms with Crippen LogP contribution in [0.4, 0.5) is 23.7 Å². The van der Waals surface area contributed by atoms with E-state index in [0.29, 0.717) is 13.1 Å². The Balaban J connectivity index is 1.97. The first-order valence-corrected chi connectivity index (χ1v) is 6.53. The molecule has 116 valence electrons.